The third-order valence-corrected chi connectivity index (χ3v) is 9.08. The SMILES string of the molecule is NS(=O)(=O)c1ccc(Cc2c(-c3ccc(F)c(-c4ccc(F)c(F)c4)c3)nn(-c3nc(C(=O)O)cs3)c2CC2CC2)cc1F. The lowest BCUT2D eigenvalue weighted by Crippen LogP contribution is -2.14. The van der Waals surface area contributed by atoms with Gasteiger partial charge in [-0.05, 0) is 78.8 Å². The molecule has 1 aliphatic carbocycles. The van der Waals surface area contributed by atoms with Gasteiger partial charge in [0.15, 0.2) is 17.3 Å². The van der Waals surface area contributed by atoms with Gasteiger partial charge in [-0.2, -0.15) is 5.10 Å². The number of benzene rings is 3. The second kappa shape index (κ2) is 11.3. The highest BCUT2D eigenvalue weighted by Gasteiger charge is 2.30. The van der Waals surface area contributed by atoms with Crippen LogP contribution in [-0.2, 0) is 22.9 Å². The predicted octanol–water partition coefficient (Wildman–Crippen LogP) is 6.11. The van der Waals surface area contributed by atoms with E-state index in [4.69, 9.17) is 10.2 Å². The van der Waals surface area contributed by atoms with Crippen LogP contribution >= 0.6 is 11.3 Å². The van der Waals surface area contributed by atoms with E-state index in [0.717, 1.165) is 48.4 Å². The number of rotatable bonds is 9. The van der Waals surface area contributed by atoms with Crippen molar-refractivity contribution in [2.75, 3.05) is 0 Å². The van der Waals surface area contributed by atoms with Gasteiger partial charge in [0.2, 0.25) is 15.2 Å². The lowest BCUT2D eigenvalue weighted by molar-refractivity contribution is 0.0691. The highest BCUT2D eigenvalue weighted by Crippen LogP contribution is 2.39. The molecule has 1 saturated carbocycles. The highest BCUT2D eigenvalue weighted by atomic mass is 32.2. The summed E-state index contributed by atoms with van der Waals surface area (Å²) in [6.07, 6.45) is 2.49. The maximum Gasteiger partial charge on any atom is 0.355 e. The van der Waals surface area contributed by atoms with E-state index in [1.807, 2.05) is 0 Å². The first kappa shape index (κ1) is 29.7. The molecule has 226 valence electrons. The van der Waals surface area contributed by atoms with Crippen LogP contribution in [0, 0.1) is 29.2 Å². The van der Waals surface area contributed by atoms with Crippen LogP contribution in [0.2, 0.25) is 0 Å². The molecular formula is C30H22F4N4O4S2. The molecule has 0 saturated heterocycles. The van der Waals surface area contributed by atoms with Gasteiger partial charge < -0.3 is 5.11 Å². The van der Waals surface area contributed by atoms with Gasteiger partial charge in [0.05, 0.1) is 11.4 Å². The molecule has 1 aliphatic rings. The quantitative estimate of drug-likeness (QED) is 0.187. The topological polar surface area (TPSA) is 128 Å². The van der Waals surface area contributed by atoms with Crippen molar-refractivity contribution in [3.05, 3.63) is 106 Å². The third-order valence-electron chi connectivity index (χ3n) is 7.32. The molecule has 44 heavy (non-hydrogen) atoms. The molecular weight excluding hydrogens is 620 g/mol. The summed E-state index contributed by atoms with van der Waals surface area (Å²) in [6.45, 7) is 0. The Kier molecular flexibility index (Phi) is 7.59. The van der Waals surface area contributed by atoms with Crippen LogP contribution in [0.3, 0.4) is 0 Å². The monoisotopic (exact) mass is 642 g/mol. The number of thiazole rings is 1. The first-order chi connectivity index (χ1) is 20.9. The zero-order chi connectivity index (χ0) is 31.3. The molecule has 2 aromatic heterocycles. The number of carboxylic acid groups (broad SMARTS) is 1. The number of carboxylic acids is 1. The summed E-state index contributed by atoms with van der Waals surface area (Å²) in [5.74, 6) is -4.86. The molecule has 0 unspecified atom stereocenters. The number of carbonyl (C=O) groups is 1. The molecule has 14 heteroatoms. The van der Waals surface area contributed by atoms with E-state index in [0.29, 0.717) is 40.4 Å². The number of halogens is 4. The summed E-state index contributed by atoms with van der Waals surface area (Å²) in [5.41, 5.74) is 2.29. The second-order valence-corrected chi connectivity index (χ2v) is 12.8. The largest absolute Gasteiger partial charge is 0.476 e. The molecule has 0 spiro atoms. The molecule has 0 radical (unpaired) electrons. The second-order valence-electron chi connectivity index (χ2n) is 10.5. The van der Waals surface area contributed by atoms with E-state index in [1.54, 1.807) is 0 Å². The first-order valence-electron chi connectivity index (χ1n) is 13.3. The summed E-state index contributed by atoms with van der Waals surface area (Å²) in [5, 5.41) is 21.0. The summed E-state index contributed by atoms with van der Waals surface area (Å²) in [7, 11) is -4.30. The number of sulfonamides is 1. The number of hydrogen-bond acceptors (Lipinski definition) is 6. The average Bonchev–Trinajstić information content (AvgIpc) is 3.52. The van der Waals surface area contributed by atoms with Crippen LogP contribution in [0.1, 0.15) is 40.2 Å². The van der Waals surface area contributed by atoms with Crippen LogP contribution in [0.4, 0.5) is 17.6 Å². The zero-order valence-corrected chi connectivity index (χ0v) is 24.2. The Hall–Kier alpha value is -4.40. The third kappa shape index (κ3) is 5.87. The van der Waals surface area contributed by atoms with Crippen LogP contribution in [0.5, 0.6) is 0 Å². The minimum atomic E-state index is -4.30. The van der Waals surface area contributed by atoms with E-state index >= 15 is 4.39 Å². The maximum absolute atomic E-state index is 15.0. The molecule has 0 amide bonds. The fourth-order valence-corrected chi connectivity index (χ4v) is 6.33. The van der Waals surface area contributed by atoms with Crippen molar-refractivity contribution in [2.45, 2.75) is 30.6 Å². The summed E-state index contributed by atoms with van der Waals surface area (Å²) < 4.78 is 82.6. The number of aromatic carboxylic acids is 1. The highest BCUT2D eigenvalue weighted by molar-refractivity contribution is 7.89. The number of primary sulfonamides is 1. The summed E-state index contributed by atoms with van der Waals surface area (Å²) >= 11 is 1.06. The van der Waals surface area contributed by atoms with Gasteiger partial charge >= 0.3 is 5.97 Å². The normalized spacial score (nSPS) is 13.4. The fraction of sp³-hybridized carbons (Fsp3) is 0.167. The van der Waals surface area contributed by atoms with Crippen molar-refractivity contribution in [1.29, 1.82) is 0 Å². The molecule has 0 bridgehead atoms. The van der Waals surface area contributed by atoms with Crippen molar-refractivity contribution in [2.24, 2.45) is 11.1 Å². The van der Waals surface area contributed by atoms with Crippen LogP contribution in [0.25, 0.3) is 27.5 Å². The van der Waals surface area contributed by atoms with E-state index in [9.17, 15) is 31.5 Å². The van der Waals surface area contributed by atoms with Gasteiger partial charge in [0.25, 0.3) is 0 Å². The van der Waals surface area contributed by atoms with Gasteiger partial charge in [-0.25, -0.2) is 45.6 Å². The molecule has 5 aromatic rings. The molecule has 3 N–H and O–H groups in total. The van der Waals surface area contributed by atoms with E-state index in [1.165, 1.54) is 40.4 Å². The van der Waals surface area contributed by atoms with Gasteiger partial charge in [0.1, 0.15) is 16.5 Å². The van der Waals surface area contributed by atoms with Crippen molar-refractivity contribution in [1.82, 2.24) is 14.8 Å². The van der Waals surface area contributed by atoms with Crippen molar-refractivity contribution in [3.63, 3.8) is 0 Å². The number of hydrogen-bond donors (Lipinski definition) is 2. The predicted molar refractivity (Wildman–Crippen MR) is 154 cm³/mol. The van der Waals surface area contributed by atoms with Gasteiger partial charge in [0, 0.05) is 28.5 Å². The molecule has 2 heterocycles. The standard InChI is InChI=1S/C30H22F4N4O4S2/c31-21-6-5-18(12-19(21)17-4-7-22(32)23(33)13-17)28-20(9-16-3-8-27(24(34)10-16)44(35,41)42)26(11-15-1-2-15)38(37-28)30-36-25(14-43-30)29(39)40/h3-8,10,12-15H,1-2,9,11H2,(H,39,40)(H2,35,41,42). The Labute approximate surface area is 252 Å². The molecule has 0 atom stereocenters. The number of aromatic nitrogens is 3. The smallest absolute Gasteiger partial charge is 0.355 e. The van der Waals surface area contributed by atoms with Crippen molar-refractivity contribution in [3.8, 4) is 27.5 Å². The van der Waals surface area contributed by atoms with Crippen molar-refractivity contribution >= 4 is 27.3 Å². The minimum absolute atomic E-state index is 0.0170. The lowest BCUT2D eigenvalue weighted by Gasteiger charge is -2.11. The Balaban J connectivity index is 1.55. The van der Waals surface area contributed by atoms with Crippen LogP contribution in [-0.4, -0.2) is 34.3 Å². The maximum atomic E-state index is 15.0. The molecule has 1 fully saturated rings. The first-order valence-corrected chi connectivity index (χ1v) is 15.7. The lowest BCUT2D eigenvalue weighted by atomic mass is 9.95. The molecule has 8 nitrogen and oxygen atoms in total. The Bertz CT molecular complexity index is 2060. The fourth-order valence-electron chi connectivity index (χ4n) is 4.97. The van der Waals surface area contributed by atoms with E-state index in [2.05, 4.69) is 4.98 Å². The van der Waals surface area contributed by atoms with Crippen molar-refractivity contribution < 1.29 is 35.9 Å². The molecule has 0 aliphatic heterocycles. The molecule has 6 rings (SSSR count). The average molecular weight is 643 g/mol. The summed E-state index contributed by atoms with van der Waals surface area (Å²) in [4.78, 5) is 15.1. The van der Waals surface area contributed by atoms with Gasteiger partial charge in [-0.1, -0.05) is 12.1 Å². The van der Waals surface area contributed by atoms with Crippen LogP contribution < -0.4 is 5.14 Å². The Morgan fingerprint density at radius 1 is 0.955 bits per heavy atom. The van der Waals surface area contributed by atoms with Gasteiger partial charge in [-0.3, -0.25) is 0 Å². The Morgan fingerprint density at radius 2 is 1.68 bits per heavy atom. The Morgan fingerprint density at radius 3 is 2.32 bits per heavy atom. The minimum Gasteiger partial charge on any atom is -0.476 e. The summed E-state index contributed by atoms with van der Waals surface area (Å²) in [6, 6.07) is 10.7. The number of nitrogens with two attached hydrogens (primary N) is 1. The van der Waals surface area contributed by atoms with E-state index < -0.39 is 44.2 Å². The number of nitrogens with zero attached hydrogens (tertiary/aromatic N) is 3. The van der Waals surface area contributed by atoms with Gasteiger partial charge in [-0.15, -0.1) is 11.3 Å². The zero-order valence-electron chi connectivity index (χ0n) is 22.6. The molecule has 3 aromatic carbocycles. The van der Waals surface area contributed by atoms with E-state index in [-0.39, 0.29) is 28.4 Å². The van der Waals surface area contributed by atoms with Crippen LogP contribution in [0.15, 0.2) is 64.9 Å².